The SMILES string of the molecule is CC(C)c1ccc(Cc2c3ccccc3c(-c3c4ccccc4c(N(c4ccc(C(C)C)cc4)c4cccc5ccccc45)c4ccccc34)c3ccccc23)cc1. The molecule has 10 rings (SSSR count). The molecule has 1 nitrogen and oxygen atoms in total. The number of nitrogens with zero attached hydrogens (tertiary/aromatic N) is 1. The van der Waals surface area contributed by atoms with Gasteiger partial charge in [0.2, 0.25) is 0 Å². The zero-order chi connectivity index (χ0) is 39.3. The molecule has 0 aliphatic rings. The van der Waals surface area contributed by atoms with Crippen LogP contribution in [0.4, 0.5) is 17.1 Å². The van der Waals surface area contributed by atoms with E-state index in [0.717, 1.165) is 12.1 Å². The minimum atomic E-state index is 0.447. The van der Waals surface area contributed by atoms with Crippen molar-refractivity contribution in [3.05, 3.63) is 210 Å². The van der Waals surface area contributed by atoms with E-state index >= 15 is 0 Å². The number of anilines is 3. The first-order chi connectivity index (χ1) is 28.5. The lowest BCUT2D eigenvalue weighted by atomic mass is 9.82. The topological polar surface area (TPSA) is 3.24 Å². The van der Waals surface area contributed by atoms with Crippen molar-refractivity contribution in [2.45, 2.75) is 46.0 Å². The van der Waals surface area contributed by atoms with Crippen molar-refractivity contribution >= 4 is 70.9 Å². The van der Waals surface area contributed by atoms with Crippen molar-refractivity contribution in [2.24, 2.45) is 0 Å². The average molecular weight is 746 g/mol. The van der Waals surface area contributed by atoms with Gasteiger partial charge in [-0.1, -0.05) is 198 Å². The molecule has 0 N–H and O–H groups in total. The predicted molar refractivity (Wildman–Crippen MR) is 252 cm³/mol. The van der Waals surface area contributed by atoms with Crippen molar-refractivity contribution in [2.75, 3.05) is 4.90 Å². The van der Waals surface area contributed by atoms with Gasteiger partial charge in [-0.3, -0.25) is 0 Å². The van der Waals surface area contributed by atoms with E-state index in [-0.39, 0.29) is 0 Å². The Hall–Kier alpha value is -6.70. The molecule has 0 aromatic heterocycles. The maximum absolute atomic E-state index is 2.52. The average Bonchev–Trinajstić information content (AvgIpc) is 3.27. The van der Waals surface area contributed by atoms with E-state index in [2.05, 4.69) is 221 Å². The largest absolute Gasteiger partial charge is 0.309 e. The molecule has 0 aliphatic heterocycles. The summed E-state index contributed by atoms with van der Waals surface area (Å²) >= 11 is 0. The lowest BCUT2D eigenvalue weighted by Crippen LogP contribution is -2.12. The van der Waals surface area contributed by atoms with Gasteiger partial charge in [0.05, 0.1) is 11.4 Å². The molecule has 0 heterocycles. The molecule has 0 atom stereocenters. The van der Waals surface area contributed by atoms with Gasteiger partial charge in [0.25, 0.3) is 0 Å². The van der Waals surface area contributed by atoms with Gasteiger partial charge in [-0.25, -0.2) is 0 Å². The van der Waals surface area contributed by atoms with E-state index in [1.807, 2.05) is 0 Å². The molecule has 0 amide bonds. The van der Waals surface area contributed by atoms with Crippen LogP contribution >= 0.6 is 0 Å². The van der Waals surface area contributed by atoms with Gasteiger partial charge in [0.1, 0.15) is 0 Å². The molecule has 0 spiro atoms. The second-order valence-electron chi connectivity index (χ2n) is 16.4. The summed E-state index contributed by atoms with van der Waals surface area (Å²) in [6.07, 6.45) is 0.871. The van der Waals surface area contributed by atoms with Crippen LogP contribution in [0.25, 0.3) is 65.0 Å². The predicted octanol–water partition coefficient (Wildman–Crippen LogP) is 16.4. The minimum absolute atomic E-state index is 0.447. The fraction of sp³-hybridized carbons (Fsp3) is 0.123. The highest BCUT2D eigenvalue weighted by molar-refractivity contribution is 6.28. The van der Waals surface area contributed by atoms with Crippen molar-refractivity contribution in [3.63, 3.8) is 0 Å². The maximum Gasteiger partial charge on any atom is 0.0619 e. The van der Waals surface area contributed by atoms with Crippen LogP contribution in [-0.2, 0) is 6.42 Å². The lowest BCUT2D eigenvalue weighted by Gasteiger charge is -2.31. The molecule has 0 saturated carbocycles. The Bertz CT molecular complexity index is 3010. The summed E-state index contributed by atoms with van der Waals surface area (Å²) in [5.74, 6) is 0.957. The van der Waals surface area contributed by atoms with Crippen LogP contribution in [0, 0.1) is 0 Å². The third-order valence-corrected chi connectivity index (χ3v) is 12.3. The molecule has 0 aliphatic carbocycles. The van der Waals surface area contributed by atoms with E-state index in [4.69, 9.17) is 0 Å². The van der Waals surface area contributed by atoms with Crippen molar-refractivity contribution in [3.8, 4) is 11.1 Å². The standard InChI is InChI=1S/C57H47N/c1-37(2)40-30-28-39(29-31-40)36-53-45-19-7-9-21-47(45)55(48-22-10-8-20-46(48)53)56-49-23-11-13-25-51(49)57(52-26-14-12-24-50(52)56)58(43-34-32-41(33-35-43)38(3)4)54-27-15-17-42-16-5-6-18-44(42)54/h5-35,37-38H,36H2,1-4H3. The molecular formula is C57H47N. The Morgan fingerprint density at radius 2 is 0.759 bits per heavy atom. The van der Waals surface area contributed by atoms with Crippen LogP contribution < -0.4 is 4.90 Å². The fourth-order valence-corrected chi connectivity index (χ4v) is 9.32. The Balaban J connectivity index is 1.29. The number of fused-ring (bicyclic) bond motifs is 5. The van der Waals surface area contributed by atoms with Crippen LogP contribution in [0.2, 0.25) is 0 Å². The Kier molecular flexibility index (Phi) is 9.03. The van der Waals surface area contributed by atoms with Gasteiger partial charge in [0.15, 0.2) is 0 Å². The smallest absolute Gasteiger partial charge is 0.0619 e. The number of rotatable bonds is 8. The normalized spacial score (nSPS) is 11.8. The molecule has 0 unspecified atom stereocenters. The van der Waals surface area contributed by atoms with Crippen LogP contribution in [0.5, 0.6) is 0 Å². The lowest BCUT2D eigenvalue weighted by molar-refractivity contribution is 0.865. The van der Waals surface area contributed by atoms with E-state index < -0.39 is 0 Å². The third kappa shape index (κ3) is 6.01. The zero-order valence-corrected chi connectivity index (χ0v) is 33.7. The molecule has 0 saturated heterocycles. The van der Waals surface area contributed by atoms with Crippen molar-refractivity contribution in [1.82, 2.24) is 0 Å². The van der Waals surface area contributed by atoms with Crippen LogP contribution in [0.1, 0.15) is 61.8 Å². The van der Waals surface area contributed by atoms with Gasteiger partial charge in [-0.05, 0) is 108 Å². The highest BCUT2D eigenvalue weighted by Crippen LogP contribution is 2.52. The molecule has 1 heteroatoms. The molecule has 10 aromatic carbocycles. The van der Waals surface area contributed by atoms with Gasteiger partial charge < -0.3 is 4.90 Å². The summed E-state index contributed by atoms with van der Waals surface area (Å²) in [7, 11) is 0. The second kappa shape index (κ2) is 14.7. The first-order valence-corrected chi connectivity index (χ1v) is 20.8. The Labute approximate surface area is 341 Å². The zero-order valence-electron chi connectivity index (χ0n) is 33.7. The first kappa shape index (κ1) is 35.7. The summed E-state index contributed by atoms with van der Waals surface area (Å²) < 4.78 is 0. The van der Waals surface area contributed by atoms with Crippen LogP contribution in [-0.4, -0.2) is 0 Å². The van der Waals surface area contributed by atoms with E-state index in [1.165, 1.54) is 98.6 Å². The summed E-state index contributed by atoms with van der Waals surface area (Å²) in [6, 6.07) is 70.4. The van der Waals surface area contributed by atoms with Gasteiger partial charge in [-0.15, -0.1) is 0 Å². The van der Waals surface area contributed by atoms with Gasteiger partial charge in [0, 0.05) is 21.8 Å². The highest BCUT2D eigenvalue weighted by Gasteiger charge is 2.25. The molecule has 0 fully saturated rings. The minimum Gasteiger partial charge on any atom is -0.309 e. The summed E-state index contributed by atoms with van der Waals surface area (Å²) in [5.41, 5.74) is 11.5. The summed E-state index contributed by atoms with van der Waals surface area (Å²) in [4.78, 5) is 2.52. The van der Waals surface area contributed by atoms with Crippen molar-refractivity contribution < 1.29 is 0 Å². The molecular weight excluding hydrogens is 699 g/mol. The van der Waals surface area contributed by atoms with Gasteiger partial charge in [-0.2, -0.15) is 0 Å². The molecule has 280 valence electrons. The molecule has 0 bridgehead atoms. The van der Waals surface area contributed by atoms with E-state index in [9.17, 15) is 0 Å². The summed E-state index contributed by atoms with van der Waals surface area (Å²) in [6.45, 7) is 9.06. The van der Waals surface area contributed by atoms with Crippen LogP contribution in [0.3, 0.4) is 0 Å². The number of hydrogen-bond donors (Lipinski definition) is 0. The van der Waals surface area contributed by atoms with Crippen LogP contribution in [0.15, 0.2) is 188 Å². The highest BCUT2D eigenvalue weighted by atomic mass is 15.1. The first-order valence-electron chi connectivity index (χ1n) is 20.8. The molecule has 0 radical (unpaired) electrons. The number of benzene rings is 10. The van der Waals surface area contributed by atoms with E-state index in [0.29, 0.717) is 11.8 Å². The van der Waals surface area contributed by atoms with Gasteiger partial charge >= 0.3 is 0 Å². The Morgan fingerprint density at radius 1 is 0.362 bits per heavy atom. The monoisotopic (exact) mass is 745 g/mol. The Morgan fingerprint density at radius 3 is 1.26 bits per heavy atom. The van der Waals surface area contributed by atoms with E-state index in [1.54, 1.807) is 0 Å². The molecule has 10 aromatic rings. The van der Waals surface area contributed by atoms with Crippen molar-refractivity contribution in [1.29, 1.82) is 0 Å². The molecule has 58 heavy (non-hydrogen) atoms. The fourth-order valence-electron chi connectivity index (χ4n) is 9.32. The quantitative estimate of drug-likeness (QED) is 0.140. The third-order valence-electron chi connectivity index (χ3n) is 12.3. The summed E-state index contributed by atoms with van der Waals surface area (Å²) in [5, 5.41) is 12.6. The second-order valence-corrected chi connectivity index (χ2v) is 16.4. The maximum atomic E-state index is 2.52. The number of hydrogen-bond acceptors (Lipinski definition) is 1.